The Kier molecular flexibility index (Phi) is 5.50. The fraction of sp³-hybridized carbons (Fsp3) is 0.667. The van der Waals surface area contributed by atoms with E-state index in [2.05, 4.69) is 27.8 Å². The van der Waals surface area contributed by atoms with Crippen molar-refractivity contribution < 1.29 is 14.6 Å². The topological polar surface area (TPSA) is 54.3 Å². The van der Waals surface area contributed by atoms with Crippen LogP contribution in [-0.4, -0.2) is 48.6 Å². The number of hydrogen-bond acceptors (Lipinski definition) is 5. The number of unbranched alkanes of at least 4 members (excludes halogenated alkanes) is 3. The van der Waals surface area contributed by atoms with Crippen LogP contribution >= 0.6 is 15.9 Å². The molecule has 0 bridgehead atoms. The van der Waals surface area contributed by atoms with Crippen LogP contribution < -0.4 is 9.47 Å². The van der Waals surface area contributed by atoms with Gasteiger partial charge in [-0.05, 0) is 31.0 Å². The van der Waals surface area contributed by atoms with Gasteiger partial charge in [-0.15, -0.1) is 0 Å². The lowest BCUT2D eigenvalue weighted by molar-refractivity contribution is 0.0744. The number of halogens is 1. The largest absolute Gasteiger partial charge is 0.493 e. The highest BCUT2D eigenvalue weighted by Crippen LogP contribution is 2.56. The number of rotatable bonds is 6. The maximum atomic E-state index is 10.1. The van der Waals surface area contributed by atoms with Gasteiger partial charge < -0.3 is 14.6 Å². The van der Waals surface area contributed by atoms with Crippen molar-refractivity contribution in [2.75, 3.05) is 20.2 Å². The van der Waals surface area contributed by atoms with E-state index in [1.54, 1.807) is 13.3 Å². The molecule has 1 spiro atoms. The first-order chi connectivity index (χ1) is 13.1. The van der Waals surface area contributed by atoms with E-state index in [1.807, 2.05) is 6.07 Å². The molecule has 3 atom stereocenters. The normalized spacial score (nSPS) is 29.0. The second kappa shape index (κ2) is 7.72. The van der Waals surface area contributed by atoms with Crippen molar-refractivity contribution in [2.45, 2.75) is 69.7 Å². The van der Waals surface area contributed by atoms with Crippen LogP contribution in [-0.2, 0) is 12.1 Å². The van der Waals surface area contributed by atoms with Crippen molar-refractivity contribution in [3.8, 4) is 11.5 Å². The summed E-state index contributed by atoms with van der Waals surface area (Å²) in [5.74, 6) is 1.57. The van der Waals surface area contributed by atoms with Gasteiger partial charge in [-0.2, -0.15) is 0 Å². The predicted molar refractivity (Wildman–Crippen MR) is 110 cm³/mol. The molecule has 0 aromatic heterocycles. The highest BCUT2D eigenvalue weighted by molar-refractivity contribution is 9.10. The van der Waals surface area contributed by atoms with Crippen LogP contribution in [0.25, 0.3) is 0 Å². The number of nitrogens with zero attached hydrogens (tertiary/aromatic N) is 2. The Bertz CT molecular complexity index is 739. The minimum atomic E-state index is -0.541. The molecule has 3 unspecified atom stereocenters. The Morgan fingerprint density at radius 2 is 2.26 bits per heavy atom. The summed E-state index contributed by atoms with van der Waals surface area (Å²) in [5, 5.41) is 10.1. The van der Waals surface area contributed by atoms with Gasteiger partial charge in [0.1, 0.15) is 11.6 Å². The van der Waals surface area contributed by atoms with E-state index in [1.165, 1.54) is 31.2 Å². The number of aliphatic hydroxyl groups excluding tert-OH is 1. The molecule has 27 heavy (non-hydrogen) atoms. The quantitative estimate of drug-likeness (QED) is 0.683. The molecule has 0 radical (unpaired) electrons. The van der Waals surface area contributed by atoms with E-state index >= 15 is 0 Å². The third-order valence-corrected chi connectivity index (χ3v) is 6.90. The van der Waals surface area contributed by atoms with Crippen LogP contribution in [0.4, 0.5) is 0 Å². The summed E-state index contributed by atoms with van der Waals surface area (Å²) in [6.07, 6.45) is 7.62. The molecule has 0 aliphatic carbocycles. The first kappa shape index (κ1) is 19.2. The Labute approximate surface area is 169 Å². The van der Waals surface area contributed by atoms with Gasteiger partial charge in [0.25, 0.3) is 0 Å². The second-order valence-electron chi connectivity index (χ2n) is 7.94. The zero-order chi connectivity index (χ0) is 19.0. The van der Waals surface area contributed by atoms with Gasteiger partial charge in [-0.25, -0.2) is 0 Å². The number of benzene rings is 1. The Hall–Kier alpha value is -1.11. The summed E-state index contributed by atoms with van der Waals surface area (Å²) < 4.78 is 13.0. The molecule has 3 aliphatic rings. The van der Waals surface area contributed by atoms with Crippen LogP contribution in [0.1, 0.15) is 56.6 Å². The first-order valence-corrected chi connectivity index (χ1v) is 10.9. The highest BCUT2D eigenvalue weighted by atomic mass is 79.9. The summed E-state index contributed by atoms with van der Waals surface area (Å²) >= 11 is 3.78. The van der Waals surface area contributed by atoms with Gasteiger partial charge in [0, 0.05) is 35.8 Å². The van der Waals surface area contributed by atoms with Crippen LogP contribution in [0.5, 0.6) is 11.5 Å². The molecular weight excluding hydrogens is 408 g/mol. The van der Waals surface area contributed by atoms with E-state index in [-0.39, 0.29) is 6.10 Å². The fourth-order valence-electron chi connectivity index (χ4n) is 4.75. The summed E-state index contributed by atoms with van der Waals surface area (Å²) in [4.78, 5) is 7.44. The van der Waals surface area contributed by atoms with Gasteiger partial charge in [-0.1, -0.05) is 42.1 Å². The number of ether oxygens (including phenoxy) is 2. The van der Waals surface area contributed by atoms with Crippen molar-refractivity contribution in [2.24, 2.45) is 4.99 Å². The van der Waals surface area contributed by atoms with E-state index in [9.17, 15) is 5.11 Å². The van der Waals surface area contributed by atoms with Gasteiger partial charge >= 0.3 is 0 Å². The molecule has 1 aromatic rings. The lowest BCUT2D eigenvalue weighted by atomic mass is 9.78. The molecule has 3 aliphatic heterocycles. The summed E-state index contributed by atoms with van der Waals surface area (Å²) in [6, 6.07) is 2.01. The number of methoxy groups -OCH3 is 1. The predicted octanol–water partition coefficient (Wildman–Crippen LogP) is 4.04. The third kappa shape index (κ3) is 3.30. The Balaban J connectivity index is 1.72. The monoisotopic (exact) mass is 436 g/mol. The molecule has 5 nitrogen and oxygen atoms in total. The smallest absolute Gasteiger partial charge is 0.167 e. The molecule has 1 aromatic carbocycles. The molecule has 148 valence electrons. The van der Waals surface area contributed by atoms with Crippen LogP contribution in [0.2, 0.25) is 0 Å². The molecule has 0 fully saturated rings. The minimum absolute atomic E-state index is 0.130. The number of aliphatic hydroxyl groups is 1. The van der Waals surface area contributed by atoms with Gasteiger partial charge in [0.15, 0.2) is 11.5 Å². The first-order valence-electron chi connectivity index (χ1n) is 10.1. The summed E-state index contributed by atoms with van der Waals surface area (Å²) in [7, 11) is 1.68. The SMILES string of the molecule is CCCCCCN1CCC23N=CC(O)CC2Oc2c(OC)cc(Br)c(c23)C1. The molecule has 1 N–H and O–H groups in total. The maximum absolute atomic E-state index is 10.1. The molecule has 0 saturated heterocycles. The van der Waals surface area contributed by atoms with Gasteiger partial charge in [-0.3, -0.25) is 9.89 Å². The summed E-state index contributed by atoms with van der Waals surface area (Å²) in [6.45, 7) is 5.25. The minimum Gasteiger partial charge on any atom is -0.493 e. The van der Waals surface area contributed by atoms with Gasteiger partial charge in [0.05, 0.1) is 13.2 Å². The zero-order valence-electron chi connectivity index (χ0n) is 16.2. The molecule has 0 saturated carbocycles. The third-order valence-electron chi connectivity index (χ3n) is 6.20. The van der Waals surface area contributed by atoms with E-state index in [0.29, 0.717) is 6.42 Å². The van der Waals surface area contributed by atoms with Crippen molar-refractivity contribution in [1.29, 1.82) is 0 Å². The molecular formula is C21H29BrN2O3. The van der Waals surface area contributed by atoms with Crippen molar-refractivity contribution in [1.82, 2.24) is 4.90 Å². The molecule has 0 amide bonds. The van der Waals surface area contributed by atoms with E-state index in [0.717, 1.165) is 47.6 Å². The molecule has 6 heteroatoms. The maximum Gasteiger partial charge on any atom is 0.167 e. The zero-order valence-corrected chi connectivity index (χ0v) is 17.8. The van der Waals surface area contributed by atoms with Crippen molar-refractivity contribution >= 4 is 22.1 Å². The lowest BCUT2D eigenvalue weighted by Gasteiger charge is -2.35. The summed E-state index contributed by atoms with van der Waals surface area (Å²) in [5.41, 5.74) is 2.02. The average molecular weight is 437 g/mol. The van der Waals surface area contributed by atoms with Crippen LogP contribution in [0, 0.1) is 0 Å². The van der Waals surface area contributed by atoms with Gasteiger partial charge in [0.2, 0.25) is 0 Å². The number of aliphatic imine (C=N–C) groups is 1. The fourth-order valence-corrected chi connectivity index (χ4v) is 5.29. The number of hydrogen-bond donors (Lipinski definition) is 1. The van der Waals surface area contributed by atoms with E-state index in [4.69, 9.17) is 14.5 Å². The Morgan fingerprint density at radius 1 is 1.41 bits per heavy atom. The van der Waals surface area contributed by atoms with Crippen molar-refractivity contribution in [3.05, 3.63) is 21.7 Å². The Morgan fingerprint density at radius 3 is 3.04 bits per heavy atom. The van der Waals surface area contributed by atoms with Crippen LogP contribution in [0.15, 0.2) is 15.5 Å². The highest BCUT2D eigenvalue weighted by Gasteiger charge is 2.54. The molecule has 4 rings (SSSR count). The average Bonchev–Trinajstić information content (AvgIpc) is 2.89. The van der Waals surface area contributed by atoms with E-state index < -0.39 is 11.6 Å². The standard InChI is InChI=1S/C21H29BrN2O3/c1-3-4-5-6-8-24-9-7-21-18(10-14(25)12-23-21)27-20-17(26-2)11-16(22)15(13-24)19(20)21/h11-12,14,18,25H,3-10,13H2,1-2H3. The second-order valence-corrected chi connectivity index (χ2v) is 8.80. The van der Waals surface area contributed by atoms with Crippen LogP contribution in [0.3, 0.4) is 0 Å². The van der Waals surface area contributed by atoms with Crippen molar-refractivity contribution in [3.63, 3.8) is 0 Å². The lowest BCUT2D eigenvalue weighted by Crippen LogP contribution is -2.44. The molecule has 3 heterocycles.